The molecular weight excluding hydrogens is 324 g/mol. The highest BCUT2D eigenvalue weighted by Crippen LogP contribution is 2.28. The van der Waals surface area contributed by atoms with E-state index in [4.69, 9.17) is 9.15 Å². The Balaban J connectivity index is 1.63. The number of ether oxygens (including phenoxy) is 1. The first kappa shape index (κ1) is 17.1. The van der Waals surface area contributed by atoms with Crippen molar-refractivity contribution in [3.05, 3.63) is 29.5 Å². The summed E-state index contributed by atoms with van der Waals surface area (Å²) in [5.41, 5.74) is 0.376. The van der Waals surface area contributed by atoms with Gasteiger partial charge >= 0.3 is 6.09 Å². The Morgan fingerprint density at radius 1 is 1.32 bits per heavy atom. The number of nitrogens with zero attached hydrogens (tertiary/aromatic N) is 1. The molecule has 2 amide bonds. The van der Waals surface area contributed by atoms with E-state index in [9.17, 15) is 14.7 Å². The molecule has 0 radical (unpaired) electrons. The molecule has 25 heavy (non-hydrogen) atoms. The molecule has 1 aliphatic rings. The van der Waals surface area contributed by atoms with E-state index in [-0.39, 0.29) is 23.8 Å². The molecule has 1 fully saturated rings. The van der Waals surface area contributed by atoms with Crippen molar-refractivity contribution < 1.29 is 23.8 Å². The maximum absolute atomic E-state index is 12.6. The van der Waals surface area contributed by atoms with Crippen LogP contribution in [0, 0.1) is 6.92 Å². The van der Waals surface area contributed by atoms with E-state index in [1.807, 2.05) is 20.8 Å². The Kier molecular flexibility index (Phi) is 4.10. The van der Waals surface area contributed by atoms with Crippen LogP contribution in [0.1, 0.15) is 36.9 Å². The second-order valence-corrected chi connectivity index (χ2v) is 7.27. The number of hydrogen-bond acceptors (Lipinski definition) is 5. The molecule has 0 atom stereocenters. The maximum atomic E-state index is 12.6. The maximum Gasteiger partial charge on any atom is 0.410 e. The fraction of sp³-hybridized carbons (Fsp3) is 0.444. The lowest BCUT2D eigenvalue weighted by Crippen LogP contribution is -2.61. The number of amides is 2. The average molecular weight is 346 g/mol. The molecule has 2 N–H and O–H groups in total. The minimum absolute atomic E-state index is 0.0835. The molecule has 2 heterocycles. The first-order valence-electron chi connectivity index (χ1n) is 8.15. The minimum Gasteiger partial charge on any atom is -0.508 e. The number of carbonyl (C=O) groups excluding carboxylic acids is 2. The van der Waals surface area contributed by atoms with Crippen molar-refractivity contribution in [2.24, 2.45) is 0 Å². The first-order chi connectivity index (χ1) is 11.6. The summed E-state index contributed by atoms with van der Waals surface area (Å²) in [5, 5.41) is 13.1. The van der Waals surface area contributed by atoms with Gasteiger partial charge in [-0.05, 0) is 39.8 Å². The lowest BCUT2D eigenvalue weighted by Gasteiger charge is -2.39. The van der Waals surface area contributed by atoms with Crippen LogP contribution in [0.4, 0.5) is 4.79 Å². The number of benzene rings is 1. The standard InChI is InChI=1S/C18H22N2O5/c1-10-15(13-6-5-12(21)7-14(13)24-10)16(22)19-11-8-20(9-11)17(23)25-18(2,3)4/h5-7,11,21H,8-9H2,1-4H3,(H,19,22). The molecule has 0 spiro atoms. The van der Waals surface area contributed by atoms with E-state index in [2.05, 4.69) is 5.32 Å². The number of hydrogen-bond donors (Lipinski definition) is 2. The quantitative estimate of drug-likeness (QED) is 0.872. The fourth-order valence-electron chi connectivity index (χ4n) is 2.79. The van der Waals surface area contributed by atoms with Crippen LogP contribution in [0.25, 0.3) is 11.0 Å². The third-order valence-electron chi connectivity index (χ3n) is 3.95. The Bertz CT molecular complexity index is 828. The fourth-order valence-corrected chi connectivity index (χ4v) is 2.79. The molecule has 134 valence electrons. The molecule has 7 nitrogen and oxygen atoms in total. The number of nitrogens with one attached hydrogen (secondary N) is 1. The number of phenols is 1. The van der Waals surface area contributed by atoms with Crippen molar-refractivity contribution in [3.63, 3.8) is 0 Å². The number of carbonyl (C=O) groups is 2. The van der Waals surface area contributed by atoms with Crippen LogP contribution in [-0.2, 0) is 4.74 Å². The third kappa shape index (κ3) is 3.55. The van der Waals surface area contributed by atoms with Crippen molar-refractivity contribution in [1.82, 2.24) is 10.2 Å². The van der Waals surface area contributed by atoms with Gasteiger partial charge in [-0.2, -0.15) is 0 Å². The lowest BCUT2D eigenvalue weighted by atomic mass is 10.1. The molecule has 1 aliphatic heterocycles. The van der Waals surface area contributed by atoms with E-state index in [0.29, 0.717) is 35.4 Å². The number of phenolic OH excluding ortho intramolecular Hbond substituents is 1. The van der Waals surface area contributed by atoms with E-state index < -0.39 is 5.60 Å². The number of likely N-dealkylation sites (tertiary alicyclic amines) is 1. The van der Waals surface area contributed by atoms with Gasteiger partial charge in [0.15, 0.2) is 0 Å². The minimum atomic E-state index is -0.538. The van der Waals surface area contributed by atoms with Gasteiger partial charge in [0, 0.05) is 24.5 Å². The second kappa shape index (κ2) is 5.98. The van der Waals surface area contributed by atoms with Gasteiger partial charge in [0.1, 0.15) is 22.7 Å². The van der Waals surface area contributed by atoms with E-state index in [1.54, 1.807) is 17.9 Å². The smallest absolute Gasteiger partial charge is 0.410 e. The predicted molar refractivity (Wildman–Crippen MR) is 91.7 cm³/mol. The van der Waals surface area contributed by atoms with Gasteiger partial charge in [0.2, 0.25) is 0 Å². The second-order valence-electron chi connectivity index (χ2n) is 7.27. The SMILES string of the molecule is Cc1oc2cc(O)ccc2c1C(=O)NC1CN(C(=O)OC(C)(C)C)C1. The zero-order valence-corrected chi connectivity index (χ0v) is 14.8. The molecule has 0 bridgehead atoms. The zero-order valence-electron chi connectivity index (χ0n) is 14.8. The van der Waals surface area contributed by atoms with Gasteiger partial charge in [0.25, 0.3) is 5.91 Å². The highest BCUT2D eigenvalue weighted by molar-refractivity contribution is 6.07. The normalized spacial score (nSPS) is 15.1. The van der Waals surface area contributed by atoms with Gasteiger partial charge in [-0.3, -0.25) is 4.79 Å². The first-order valence-corrected chi connectivity index (χ1v) is 8.15. The molecule has 1 aromatic heterocycles. The molecule has 1 saturated heterocycles. The molecule has 0 saturated carbocycles. The summed E-state index contributed by atoms with van der Waals surface area (Å²) in [4.78, 5) is 26.0. The topological polar surface area (TPSA) is 92.0 Å². The van der Waals surface area contributed by atoms with E-state index >= 15 is 0 Å². The number of fused-ring (bicyclic) bond motifs is 1. The van der Waals surface area contributed by atoms with Crippen molar-refractivity contribution in [2.45, 2.75) is 39.3 Å². The summed E-state index contributed by atoms with van der Waals surface area (Å²) in [5.74, 6) is 0.317. The molecule has 1 aromatic carbocycles. The third-order valence-corrected chi connectivity index (χ3v) is 3.95. The van der Waals surface area contributed by atoms with Crippen LogP contribution in [0.5, 0.6) is 5.75 Å². The van der Waals surface area contributed by atoms with Gasteiger partial charge in [0.05, 0.1) is 11.6 Å². The summed E-state index contributed by atoms with van der Waals surface area (Å²) in [6, 6.07) is 4.53. The largest absolute Gasteiger partial charge is 0.508 e. The van der Waals surface area contributed by atoms with E-state index in [0.717, 1.165) is 0 Å². The van der Waals surface area contributed by atoms with Crippen LogP contribution in [0.2, 0.25) is 0 Å². The summed E-state index contributed by atoms with van der Waals surface area (Å²) >= 11 is 0. The lowest BCUT2D eigenvalue weighted by molar-refractivity contribution is 0.00532. The highest BCUT2D eigenvalue weighted by Gasteiger charge is 2.35. The summed E-state index contributed by atoms with van der Waals surface area (Å²) in [6.45, 7) is 7.98. The molecule has 7 heteroatoms. The zero-order chi connectivity index (χ0) is 18.4. The van der Waals surface area contributed by atoms with Crippen LogP contribution < -0.4 is 5.32 Å². The summed E-state index contributed by atoms with van der Waals surface area (Å²) in [7, 11) is 0. The van der Waals surface area contributed by atoms with Crippen LogP contribution in [0.3, 0.4) is 0 Å². The van der Waals surface area contributed by atoms with E-state index in [1.165, 1.54) is 12.1 Å². The highest BCUT2D eigenvalue weighted by atomic mass is 16.6. The average Bonchev–Trinajstić information content (AvgIpc) is 2.74. The monoisotopic (exact) mass is 346 g/mol. The van der Waals surface area contributed by atoms with Gasteiger partial charge < -0.3 is 24.5 Å². The van der Waals surface area contributed by atoms with Gasteiger partial charge in [-0.15, -0.1) is 0 Å². The van der Waals surface area contributed by atoms with Crippen LogP contribution >= 0.6 is 0 Å². The van der Waals surface area contributed by atoms with Crippen molar-refractivity contribution in [3.8, 4) is 5.75 Å². The van der Waals surface area contributed by atoms with Crippen molar-refractivity contribution in [1.29, 1.82) is 0 Å². The molecular formula is C18H22N2O5. The van der Waals surface area contributed by atoms with Gasteiger partial charge in [-0.25, -0.2) is 4.79 Å². The Morgan fingerprint density at radius 2 is 2.00 bits per heavy atom. The number of aryl methyl sites for hydroxylation is 1. The molecule has 0 aliphatic carbocycles. The summed E-state index contributed by atoms with van der Waals surface area (Å²) in [6.07, 6.45) is -0.376. The molecule has 2 aromatic rings. The predicted octanol–water partition coefficient (Wildman–Crippen LogP) is 2.80. The number of furan rings is 1. The molecule has 0 unspecified atom stereocenters. The summed E-state index contributed by atoms with van der Waals surface area (Å²) < 4.78 is 10.8. The molecule has 3 rings (SSSR count). The van der Waals surface area contributed by atoms with Crippen LogP contribution in [-0.4, -0.2) is 46.7 Å². The Labute approximate surface area is 145 Å². The van der Waals surface area contributed by atoms with Gasteiger partial charge in [-0.1, -0.05) is 0 Å². The van der Waals surface area contributed by atoms with Crippen LogP contribution in [0.15, 0.2) is 22.6 Å². The van der Waals surface area contributed by atoms with Crippen molar-refractivity contribution >= 4 is 23.0 Å². The Hall–Kier alpha value is -2.70. The number of aromatic hydroxyl groups is 1. The Morgan fingerprint density at radius 3 is 2.64 bits per heavy atom. The number of rotatable bonds is 2. The van der Waals surface area contributed by atoms with Crippen molar-refractivity contribution in [2.75, 3.05) is 13.1 Å².